The number of rotatable bonds is 7. The van der Waals surface area contributed by atoms with Crippen LogP contribution in [0.2, 0.25) is 0 Å². The predicted octanol–water partition coefficient (Wildman–Crippen LogP) is 0.851. The monoisotopic (exact) mass is 286 g/mol. The van der Waals surface area contributed by atoms with Gasteiger partial charge in [-0.15, -0.1) is 0 Å². The Morgan fingerprint density at radius 3 is 1.95 bits per heavy atom. The third kappa shape index (κ3) is 6.54. The van der Waals surface area contributed by atoms with Crippen LogP contribution >= 0.6 is 0 Å². The maximum absolute atomic E-state index is 12.2. The van der Waals surface area contributed by atoms with Gasteiger partial charge in [-0.1, -0.05) is 27.7 Å². The highest BCUT2D eigenvalue weighted by Crippen LogP contribution is 2.08. The molecule has 116 valence electrons. The fraction of sp³-hybridized carbons (Fsp3) is 0.786. The molecule has 6 nitrogen and oxygen atoms in total. The van der Waals surface area contributed by atoms with Crippen molar-refractivity contribution < 1.29 is 19.1 Å². The highest BCUT2D eigenvalue weighted by molar-refractivity contribution is 5.90. The van der Waals surface area contributed by atoms with Crippen LogP contribution in [0.1, 0.15) is 41.0 Å². The Morgan fingerprint density at radius 1 is 1.05 bits per heavy atom. The van der Waals surface area contributed by atoms with Gasteiger partial charge in [-0.3, -0.25) is 9.59 Å². The summed E-state index contributed by atoms with van der Waals surface area (Å²) in [4.78, 5) is 35.0. The number of methoxy groups -OCH3 is 1. The molecule has 2 amide bonds. The van der Waals surface area contributed by atoms with Gasteiger partial charge in [0.2, 0.25) is 11.8 Å². The Balaban J connectivity index is 4.86. The Hall–Kier alpha value is -1.59. The van der Waals surface area contributed by atoms with E-state index in [0.29, 0.717) is 6.42 Å². The van der Waals surface area contributed by atoms with Crippen LogP contribution < -0.4 is 10.6 Å². The first-order valence-corrected chi connectivity index (χ1v) is 6.84. The normalized spacial score (nSPS) is 13.8. The van der Waals surface area contributed by atoms with Crippen LogP contribution in [-0.4, -0.2) is 37.0 Å². The van der Waals surface area contributed by atoms with E-state index in [1.807, 2.05) is 27.7 Å². The van der Waals surface area contributed by atoms with Gasteiger partial charge in [0.25, 0.3) is 0 Å². The van der Waals surface area contributed by atoms with Gasteiger partial charge in [-0.05, 0) is 18.3 Å². The maximum atomic E-state index is 12.2. The standard InChI is InChI=1S/C14H26N2O4/c1-8(2)7-11(14(19)20-6)16-13(18)12(9(3)4)15-10(5)17/h8-9,11-12H,7H2,1-6H3,(H,15,17)(H,16,18)/t11-,12-/m0/s1. The molecule has 0 unspecified atom stereocenters. The number of hydrogen-bond acceptors (Lipinski definition) is 4. The van der Waals surface area contributed by atoms with Crippen LogP contribution in [0.5, 0.6) is 0 Å². The number of carbonyl (C=O) groups excluding carboxylic acids is 3. The topological polar surface area (TPSA) is 84.5 Å². The van der Waals surface area contributed by atoms with Crippen LogP contribution in [0, 0.1) is 11.8 Å². The van der Waals surface area contributed by atoms with Gasteiger partial charge in [0.05, 0.1) is 7.11 Å². The van der Waals surface area contributed by atoms with E-state index in [-0.39, 0.29) is 23.7 Å². The van der Waals surface area contributed by atoms with Crippen LogP contribution in [0.25, 0.3) is 0 Å². The number of ether oxygens (including phenoxy) is 1. The summed E-state index contributed by atoms with van der Waals surface area (Å²) in [5.41, 5.74) is 0. The maximum Gasteiger partial charge on any atom is 0.328 e. The Labute approximate surface area is 120 Å². The molecule has 2 N–H and O–H groups in total. The van der Waals surface area contributed by atoms with Crippen LogP contribution in [0.3, 0.4) is 0 Å². The second-order valence-electron chi connectivity index (χ2n) is 5.64. The second kappa shape index (κ2) is 8.55. The molecule has 0 radical (unpaired) electrons. The van der Waals surface area contributed by atoms with Gasteiger partial charge in [0, 0.05) is 6.92 Å². The zero-order valence-corrected chi connectivity index (χ0v) is 13.1. The number of hydrogen-bond donors (Lipinski definition) is 2. The van der Waals surface area contributed by atoms with Crippen molar-refractivity contribution in [2.75, 3.05) is 7.11 Å². The van der Waals surface area contributed by atoms with Gasteiger partial charge in [-0.25, -0.2) is 4.79 Å². The van der Waals surface area contributed by atoms with Crippen LogP contribution in [0.15, 0.2) is 0 Å². The van der Waals surface area contributed by atoms with E-state index < -0.39 is 18.1 Å². The van der Waals surface area contributed by atoms with Crippen molar-refractivity contribution >= 4 is 17.8 Å². The third-order valence-corrected chi connectivity index (χ3v) is 2.82. The van der Waals surface area contributed by atoms with E-state index in [1.54, 1.807) is 0 Å². The molecule has 20 heavy (non-hydrogen) atoms. The van der Waals surface area contributed by atoms with E-state index in [1.165, 1.54) is 14.0 Å². The molecule has 6 heteroatoms. The molecule has 0 heterocycles. The molecule has 0 aromatic heterocycles. The van der Waals surface area contributed by atoms with Crippen molar-refractivity contribution in [2.24, 2.45) is 11.8 Å². The third-order valence-electron chi connectivity index (χ3n) is 2.82. The van der Waals surface area contributed by atoms with Crippen molar-refractivity contribution in [1.29, 1.82) is 0 Å². The molecule has 0 aromatic carbocycles. The molecule has 0 rings (SSSR count). The molecular weight excluding hydrogens is 260 g/mol. The molecule has 0 aromatic rings. The minimum Gasteiger partial charge on any atom is -0.467 e. The number of esters is 1. The molecule has 0 saturated carbocycles. The van der Waals surface area contributed by atoms with E-state index >= 15 is 0 Å². The summed E-state index contributed by atoms with van der Waals surface area (Å²) in [6.45, 7) is 8.92. The highest BCUT2D eigenvalue weighted by Gasteiger charge is 2.28. The summed E-state index contributed by atoms with van der Waals surface area (Å²) in [5, 5.41) is 5.25. The van der Waals surface area contributed by atoms with Gasteiger partial charge in [-0.2, -0.15) is 0 Å². The number of amides is 2. The fourth-order valence-corrected chi connectivity index (χ4v) is 1.84. The second-order valence-corrected chi connectivity index (χ2v) is 5.64. The molecule has 0 fully saturated rings. The average molecular weight is 286 g/mol. The van der Waals surface area contributed by atoms with E-state index in [9.17, 15) is 14.4 Å². The molecule has 0 aliphatic heterocycles. The smallest absolute Gasteiger partial charge is 0.328 e. The molecule has 0 spiro atoms. The quantitative estimate of drug-likeness (QED) is 0.680. The van der Waals surface area contributed by atoms with Gasteiger partial charge < -0.3 is 15.4 Å². The molecule has 0 aliphatic carbocycles. The molecule has 0 aliphatic rings. The van der Waals surface area contributed by atoms with E-state index in [4.69, 9.17) is 4.74 Å². The summed E-state index contributed by atoms with van der Waals surface area (Å²) in [7, 11) is 1.29. The Bertz CT molecular complexity index is 353. The number of nitrogens with one attached hydrogen (secondary N) is 2. The van der Waals surface area contributed by atoms with Crippen molar-refractivity contribution in [3.8, 4) is 0 Å². The van der Waals surface area contributed by atoms with Crippen molar-refractivity contribution in [3.63, 3.8) is 0 Å². The van der Waals surface area contributed by atoms with Gasteiger partial charge in [0.15, 0.2) is 0 Å². The first-order valence-electron chi connectivity index (χ1n) is 6.84. The van der Waals surface area contributed by atoms with Crippen molar-refractivity contribution in [3.05, 3.63) is 0 Å². The lowest BCUT2D eigenvalue weighted by atomic mass is 10.0. The average Bonchev–Trinajstić information content (AvgIpc) is 2.32. The fourth-order valence-electron chi connectivity index (χ4n) is 1.84. The Kier molecular flexibility index (Phi) is 7.87. The predicted molar refractivity (Wildman–Crippen MR) is 75.8 cm³/mol. The molecule has 2 atom stereocenters. The minimum absolute atomic E-state index is 0.0729. The van der Waals surface area contributed by atoms with Crippen molar-refractivity contribution in [2.45, 2.75) is 53.1 Å². The van der Waals surface area contributed by atoms with Gasteiger partial charge in [0.1, 0.15) is 12.1 Å². The first-order chi connectivity index (χ1) is 9.18. The van der Waals surface area contributed by atoms with E-state index in [0.717, 1.165) is 0 Å². The zero-order valence-electron chi connectivity index (χ0n) is 13.1. The molecule has 0 saturated heterocycles. The highest BCUT2D eigenvalue weighted by atomic mass is 16.5. The van der Waals surface area contributed by atoms with Crippen LogP contribution in [0.4, 0.5) is 0 Å². The van der Waals surface area contributed by atoms with Crippen LogP contribution in [-0.2, 0) is 19.1 Å². The lowest BCUT2D eigenvalue weighted by molar-refractivity contribution is -0.146. The lowest BCUT2D eigenvalue weighted by Gasteiger charge is -2.24. The number of carbonyl (C=O) groups is 3. The summed E-state index contributed by atoms with van der Waals surface area (Å²) < 4.78 is 4.69. The lowest BCUT2D eigenvalue weighted by Crippen LogP contribution is -2.53. The first kappa shape index (κ1) is 18.4. The largest absolute Gasteiger partial charge is 0.467 e. The molecular formula is C14H26N2O4. The van der Waals surface area contributed by atoms with Crippen molar-refractivity contribution in [1.82, 2.24) is 10.6 Å². The SMILES string of the molecule is COC(=O)[C@H](CC(C)C)NC(=O)[C@@H](NC(C)=O)C(C)C. The van der Waals surface area contributed by atoms with Gasteiger partial charge >= 0.3 is 5.97 Å². The summed E-state index contributed by atoms with van der Waals surface area (Å²) >= 11 is 0. The zero-order chi connectivity index (χ0) is 15.9. The minimum atomic E-state index is -0.692. The summed E-state index contributed by atoms with van der Waals surface area (Å²) in [6, 6.07) is -1.35. The summed E-state index contributed by atoms with van der Waals surface area (Å²) in [6.07, 6.45) is 0.489. The van der Waals surface area contributed by atoms with E-state index in [2.05, 4.69) is 10.6 Å². The summed E-state index contributed by atoms with van der Waals surface area (Å²) in [5.74, 6) is -0.963. The Morgan fingerprint density at radius 2 is 1.60 bits per heavy atom. The molecule has 0 bridgehead atoms.